The van der Waals surface area contributed by atoms with Crippen LogP contribution < -0.4 is 34.7 Å². The Hall–Kier alpha value is -5.00. The number of phenolic OH excluding ortho intramolecular Hbond substituents is 3. The molecule has 0 aromatic heterocycles. The third-order valence-electron chi connectivity index (χ3n) is 6.42. The smallest absolute Gasteiger partial charge is 0.744 e. The van der Waals surface area contributed by atoms with E-state index in [0.29, 0.717) is 11.4 Å². The Morgan fingerprint density at radius 1 is 0.571 bits per heavy atom. The van der Waals surface area contributed by atoms with Gasteiger partial charge in [0.15, 0.2) is 11.4 Å². The summed E-state index contributed by atoms with van der Waals surface area (Å²) in [6.07, 6.45) is 0. The first-order valence-corrected chi connectivity index (χ1v) is 14.6. The molecule has 5 aromatic carbocycles. The van der Waals surface area contributed by atoms with E-state index in [0.717, 1.165) is 35.4 Å². The number of azo groups is 3. The van der Waals surface area contributed by atoms with Crippen LogP contribution in [0.5, 0.6) is 23.0 Å². The average Bonchev–Trinajstić information content (AvgIpc) is 3.04. The first-order chi connectivity index (χ1) is 22.4. The zero-order valence-electron chi connectivity index (χ0n) is 25.0. The standard InChI is InChI=1S/C31H22N6O9S.Cu.Na/c38-26-12-9-21(15-23(26)31(42)43)34-32-19-5-1-17(2-6-19)18-3-7-20(8-4-18)33-37-29-28(40)14-11-24(30(29)41)35-36-25-16-22(47(44,45)46)10-13-27(25)39;;/h1-16,38-41H,(H,42,43)(H,44,45,46);;/q;+2;+1/p-2. The van der Waals surface area contributed by atoms with Gasteiger partial charge in [0.05, 0.1) is 27.9 Å². The molecule has 0 atom stereocenters. The minimum atomic E-state index is -4.82. The van der Waals surface area contributed by atoms with Crippen molar-refractivity contribution in [2.75, 3.05) is 0 Å². The maximum atomic E-state index is 11.3. The number of carbonyl (C=O) groups excluding carboxylic acids is 1. The zero-order valence-corrected chi connectivity index (χ0v) is 28.7. The second-order valence-electron chi connectivity index (χ2n) is 9.59. The number of phenols is 4. The van der Waals surface area contributed by atoms with Crippen LogP contribution in [-0.2, 0) is 27.2 Å². The van der Waals surface area contributed by atoms with Crippen LogP contribution in [0.2, 0.25) is 0 Å². The summed E-state index contributed by atoms with van der Waals surface area (Å²) in [7, 11) is -4.82. The van der Waals surface area contributed by atoms with Crippen LogP contribution in [0.3, 0.4) is 0 Å². The molecule has 5 aromatic rings. The van der Waals surface area contributed by atoms with E-state index in [-0.39, 0.29) is 69.4 Å². The first kappa shape index (κ1) is 38.4. The molecule has 0 aliphatic rings. The summed E-state index contributed by atoms with van der Waals surface area (Å²) < 4.78 is 33.8. The van der Waals surface area contributed by atoms with Crippen molar-refractivity contribution in [3.05, 3.63) is 103 Å². The number of carboxylic acids is 1. The molecule has 0 saturated carbocycles. The van der Waals surface area contributed by atoms with Crippen molar-refractivity contribution >= 4 is 50.2 Å². The van der Waals surface area contributed by atoms with Gasteiger partial charge in [-0.25, -0.2) is 8.42 Å². The Kier molecular flexibility index (Phi) is 12.9. The van der Waals surface area contributed by atoms with Crippen LogP contribution in [0.25, 0.3) is 11.1 Å². The van der Waals surface area contributed by atoms with Gasteiger partial charge in [0.25, 0.3) is 0 Å². The predicted octanol–water partition coefficient (Wildman–Crippen LogP) is 3.69. The van der Waals surface area contributed by atoms with Gasteiger partial charge in [-0.05, 0) is 83.9 Å². The Bertz CT molecular complexity index is 2200. The molecule has 0 amide bonds. The summed E-state index contributed by atoms with van der Waals surface area (Å²) in [6, 6.07) is 22.6. The Morgan fingerprint density at radius 3 is 1.63 bits per heavy atom. The molecule has 245 valence electrons. The quantitative estimate of drug-likeness (QED) is 0.0976. The number of carbonyl (C=O) groups is 1. The van der Waals surface area contributed by atoms with Gasteiger partial charge in [-0.3, -0.25) is 0 Å². The minimum absolute atomic E-state index is 0. The SMILES string of the molecule is O=C([O-])c1cc(N=Nc2ccc(-c3ccc(N=Nc4c(O)ccc(N=Nc5cc(S(=O)(=O)[O-])ccc5O)c4O)cc3)cc2)ccc1O.[Cu+2].[Na+]. The number of benzene rings is 5. The molecule has 0 heterocycles. The van der Waals surface area contributed by atoms with Gasteiger partial charge in [0, 0.05) is 5.56 Å². The second kappa shape index (κ2) is 16.4. The zero-order chi connectivity index (χ0) is 33.7. The van der Waals surface area contributed by atoms with Crippen LogP contribution in [0.1, 0.15) is 10.4 Å². The van der Waals surface area contributed by atoms with Crippen LogP contribution in [0.4, 0.5) is 34.1 Å². The first-order valence-electron chi connectivity index (χ1n) is 13.2. The number of hydrogen-bond acceptors (Lipinski definition) is 15. The molecular weight excluding hydrogens is 719 g/mol. The molecule has 5 rings (SSSR count). The third-order valence-corrected chi connectivity index (χ3v) is 7.26. The van der Waals surface area contributed by atoms with Crippen molar-refractivity contribution in [1.29, 1.82) is 0 Å². The molecule has 0 saturated heterocycles. The van der Waals surface area contributed by atoms with Crippen molar-refractivity contribution in [3.63, 3.8) is 0 Å². The fourth-order valence-electron chi connectivity index (χ4n) is 4.00. The van der Waals surface area contributed by atoms with Crippen molar-refractivity contribution in [2.24, 2.45) is 30.7 Å². The molecular formula is C31H20CuN6NaO9S+. The van der Waals surface area contributed by atoms with Gasteiger partial charge < -0.3 is 34.9 Å². The average molecular weight is 739 g/mol. The topological polar surface area (TPSA) is 252 Å². The molecule has 0 aliphatic heterocycles. The molecule has 0 aliphatic carbocycles. The van der Waals surface area contributed by atoms with E-state index in [9.17, 15) is 43.3 Å². The Morgan fingerprint density at radius 2 is 1.06 bits per heavy atom. The van der Waals surface area contributed by atoms with Crippen LogP contribution >= 0.6 is 0 Å². The number of hydrogen-bond donors (Lipinski definition) is 4. The minimum Gasteiger partial charge on any atom is -0.744 e. The number of rotatable bonds is 9. The largest absolute Gasteiger partial charge is 2.00 e. The molecule has 49 heavy (non-hydrogen) atoms. The summed E-state index contributed by atoms with van der Waals surface area (Å²) in [5.74, 6) is -3.47. The summed E-state index contributed by atoms with van der Waals surface area (Å²) in [5, 5.41) is 74.9. The van der Waals surface area contributed by atoms with E-state index in [1.165, 1.54) is 24.3 Å². The second-order valence-corrected chi connectivity index (χ2v) is 11.0. The van der Waals surface area contributed by atoms with E-state index in [1.807, 2.05) is 0 Å². The summed E-state index contributed by atoms with van der Waals surface area (Å²) in [6.45, 7) is 0. The monoisotopic (exact) mass is 738 g/mol. The third kappa shape index (κ3) is 9.55. The van der Waals surface area contributed by atoms with Crippen molar-refractivity contribution in [2.45, 2.75) is 4.90 Å². The van der Waals surface area contributed by atoms with E-state index in [2.05, 4.69) is 30.7 Å². The van der Waals surface area contributed by atoms with Crippen molar-refractivity contribution < 1.29 is 89.9 Å². The van der Waals surface area contributed by atoms with E-state index >= 15 is 0 Å². The van der Waals surface area contributed by atoms with Crippen molar-refractivity contribution in [3.8, 4) is 34.1 Å². The normalized spacial score (nSPS) is 11.4. The molecule has 0 fully saturated rings. The summed E-state index contributed by atoms with van der Waals surface area (Å²) in [5.41, 5.74) is 1.45. The van der Waals surface area contributed by atoms with Crippen LogP contribution in [-0.4, -0.2) is 39.4 Å². The molecule has 18 heteroatoms. The predicted molar refractivity (Wildman–Crippen MR) is 163 cm³/mol. The summed E-state index contributed by atoms with van der Waals surface area (Å²) >= 11 is 0. The molecule has 0 unspecified atom stereocenters. The maximum absolute atomic E-state index is 11.3. The van der Waals surface area contributed by atoms with Gasteiger partial charge >= 0.3 is 46.6 Å². The number of carboxylic acid groups (broad SMARTS) is 1. The van der Waals surface area contributed by atoms with Gasteiger partial charge in [0.1, 0.15) is 38.7 Å². The van der Waals surface area contributed by atoms with Crippen LogP contribution in [0.15, 0.2) is 133 Å². The van der Waals surface area contributed by atoms with Gasteiger partial charge in [-0.1, -0.05) is 24.3 Å². The fraction of sp³-hybridized carbons (Fsp3) is 0. The van der Waals surface area contributed by atoms with E-state index in [1.54, 1.807) is 48.5 Å². The number of aromatic hydroxyl groups is 4. The Labute approximate surface area is 310 Å². The number of aromatic carboxylic acids is 1. The number of nitrogens with zero attached hydrogens (tertiary/aromatic N) is 6. The molecule has 15 nitrogen and oxygen atoms in total. The van der Waals surface area contributed by atoms with Crippen LogP contribution in [0, 0.1) is 0 Å². The van der Waals surface area contributed by atoms with E-state index in [4.69, 9.17) is 0 Å². The fourth-order valence-corrected chi connectivity index (χ4v) is 4.49. The summed E-state index contributed by atoms with van der Waals surface area (Å²) in [4.78, 5) is 10.4. The van der Waals surface area contributed by atoms with Crippen molar-refractivity contribution in [1.82, 2.24) is 0 Å². The maximum Gasteiger partial charge on any atom is 2.00 e. The van der Waals surface area contributed by atoms with Gasteiger partial charge in [-0.2, -0.15) is 15.3 Å². The van der Waals surface area contributed by atoms with Gasteiger partial charge in [0.2, 0.25) is 0 Å². The molecule has 0 bridgehead atoms. The Balaban J connectivity index is 0.00000325. The molecule has 4 N–H and O–H groups in total. The molecule has 1 radical (unpaired) electrons. The molecule has 0 spiro atoms. The van der Waals surface area contributed by atoms with Gasteiger partial charge in [-0.15, -0.1) is 15.3 Å². The van der Waals surface area contributed by atoms with E-state index < -0.39 is 49.5 Å².